The van der Waals surface area contributed by atoms with E-state index < -0.39 is 28.9 Å². The molecule has 0 aromatic heterocycles. The summed E-state index contributed by atoms with van der Waals surface area (Å²) in [5.74, 6) is 0. The summed E-state index contributed by atoms with van der Waals surface area (Å²) in [5.41, 5.74) is 0. The van der Waals surface area contributed by atoms with Crippen LogP contribution >= 0.6 is 0 Å². The van der Waals surface area contributed by atoms with Crippen molar-refractivity contribution in [3.05, 3.63) is 0 Å². The molecule has 0 fully saturated rings. The molecule has 0 bridgehead atoms. The van der Waals surface area contributed by atoms with Gasteiger partial charge >= 0.3 is 117 Å². The Morgan fingerprint density at radius 2 is 1.27 bits per heavy atom. The zero-order chi connectivity index (χ0) is 17.6. The molecular weight excluding hydrogens is 323 g/mol. The molecule has 22 heavy (non-hydrogen) atoms. The second kappa shape index (κ2) is 14.8. The zero-order valence-electron chi connectivity index (χ0n) is 12.7. The van der Waals surface area contributed by atoms with E-state index in [-0.39, 0.29) is 18.2 Å². The van der Waals surface area contributed by atoms with Gasteiger partial charge in [0.1, 0.15) is 0 Å². The van der Waals surface area contributed by atoms with Crippen LogP contribution in [0.25, 0.3) is 0 Å². The van der Waals surface area contributed by atoms with Gasteiger partial charge < -0.3 is 0 Å². The van der Waals surface area contributed by atoms with Crippen LogP contribution in [0.15, 0.2) is 0 Å². The summed E-state index contributed by atoms with van der Waals surface area (Å²) < 4.78 is 82.4. The first-order valence-electron chi connectivity index (χ1n) is 7.31. The first-order chi connectivity index (χ1) is 10.1. The second-order valence-corrected chi connectivity index (χ2v) is 5.83. The summed E-state index contributed by atoms with van der Waals surface area (Å²) in [6.07, 6.45) is -0.600. The molecular formula is C12H23F4LiO4S. The van der Waals surface area contributed by atoms with Crippen molar-refractivity contribution in [3.63, 3.8) is 0 Å². The van der Waals surface area contributed by atoms with Crippen molar-refractivity contribution in [2.75, 3.05) is 6.67 Å². The van der Waals surface area contributed by atoms with Crippen LogP contribution < -0.4 is 0 Å². The summed E-state index contributed by atoms with van der Waals surface area (Å²) in [7, 11) is -4.67. The average molecular weight is 346 g/mol. The molecule has 0 aliphatic rings. The first kappa shape index (κ1) is 24.4. The Morgan fingerprint density at radius 3 is 1.68 bits per heavy atom. The van der Waals surface area contributed by atoms with Crippen molar-refractivity contribution in [3.8, 4) is 0 Å². The van der Waals surface area contributed by atoms with Gasteiger partial charge in [0.25, 0.3) is 0 Å². The third-order valence-corrected chi connectivity index (χ3v) is 2.94. The van der Waals surface area contributed by atoms with E-state index in [1.807, 2.05) is 0 Å². The van der Waals surface area contributed by atoms with E-state index in [0.717, 1.165) is 25.7 Å². The van der Waals surface area contributed by atoms with Gasteiger partial charge in [-0.05, 0) is 0 Å². The van der Waals surface area contributed by atoms with Crippen molar-refractivity contribution in [2.24, 2.45) is 0 Å². The molecule has 0 aliphatic carbocycles. The molecule has 0 radical (unpaired) electrons. The third-order valence-electron chi connectivity index (χ3n) is 2.94. The van der Waals surface area contributed by atoms with Gasteiger partial charge in [0.15, 0.2) is 0 Å². The average Bonchev–Trinajstić information content (AvgIpc) is 2.42. The van der Waals surface area contributed by atoms with Gasteiger partial charge in [0, 0.05) is 0 Å². The van der Waals surface area contributed by atoms with E-state index in [4.69, 9.17) is 17.5 Å². The Kier molecular flexibility index (Phi) is 16.4. The summed E-state index contributed by atoms with van der Waals surface area (Å²) in [4.78, 5) is 0. The van der Waals surface area contributed by atoms with Gasteiger partial charge in [-0.15, -0.1) is 0 Å². The number of hydrogen-bond acceptors (Lipinski definition) is 2. The quantitative estimate of drug-likeness (QED) is 0.259. The van der Waals surface area contributed by atoms with Crippen LogP contribution in [-0.2, 0) is 10.4 Å². The van der Waals surface area contributed by atoms with Gasteiger partial charge in [0.05, 0.1) is 0 Å². The first-order valence-corrected chi connectivity index (χ1v) is 8.71. The summed E-state index contributed by atoms with van der Waals surface area (Å²) >= 11 is 1.51. The maximum atomic E-state index is 13.2. The fourth-order valence-corrected chi connectivity index (χ4v) is 1.75. The normalized spacial score (nSPS) is 15.6. The summed E-state index contributed by atoms with van der Waals surface area (Å²) in [6.45, 7) is -0.287. The standard InChI is InChI=1S/C12H21F4.Li.H2O4S/c1-10(14)12(16)11(15)8-6-4-2-3-5-7-9-13;;1-5(2,3)4/h10-12H,1-9H2;;(H2,1,2,3,4). The van der Waals surface area contributed by atoms with Crippen LogP contribution in [0.1, 0.15) is 44.9 Å². The van der Waals surface area contributed by atoms with Crippen molar-refractivity contribution >= 4 is 28.1 Å². The van der Waals surface area contributed by atoms with Gasteiger partial charge in [-0.3, -0.25) is 13.5 Å². The van der Waals surface area contributed by atoms with Gasteiger partial charge in [0.2, 0.25) is 0 Å². The minimum atomic E-state index is -4.67. The minimum absolute atomic E-state index is 0.0187. The fraction of sp³-hybridized carbons (Fsp3) is 1.00. The number of halogens is 4. The maximum absolute atomic E-state index is 13.2. The van der Waals surface area contributed by atoms with Gasteiger partial charge in [-0.1, -0.05) is 0 Å². The monoisotopic (exact) mass is 346 g/mol. The van der Waals surface area contributed by atoms with E-state index >= 15 is 0 Å². The van der Waals surface area contributed by atoms with Crippen LogP contribution in [0.2, 0.25) is 5.09 Å². The topological polar surface area (TPSA) is 74.6 Å². The molecule has 0 aliphatic heterocycles. The van der Waals surface area contributed by atoms with Crippen molar-refractivity contribution in [1.82, 2.24) is 0 Å². The Morgan fingerprint density at radius 1 is 0.864 bits per heavy atom. The molecule has 0 aromatic rings. The molecule has 0 saturated heterocycles. The molecule has 2 N–H and O–H groups in total. The number of alkyl halides is 4. The fourth-order valence-electron chi connectivity index (χ4n) is 1.75. The zero-order valence-corrected chi connectivity index (χ0v) is 13.5. The predicted molar refractivity (Wildman–Crippen MR) is 77.7 cm³/mol. The molecule has 4 nitrogen and oxygen atoms in total. The number of unbranched alkanes of at least 4 members (excludes halogenated alkanes) is 5. The molecule has 3 atom stereocenters. The van der Waals surface area contributed by atoms with E-state index in [0.29, 0.717) is 12.8 Å². The Hall–Kier alpha value is 0.187. The third kappa shape index (κ3) is 20.2. The van der Waals surface area contributed by atoms with E-state index in [1.165, 1.54) is 17.7 Å². The van der Waals surface area contributed by atoms with Crippen molar-refractivity contribution in [1.29, 1.82) is 0 Å². The van der Waals surface area contributed by atoms with Crippen LogP contribution in [0, 0.1) is 0 Å². The molecule has 0 amide bonds. The van der Waals surface area contributed by atoms with Crippen LogP contribution in [0.4, 0.5) is 17.6 Å². The smallest absolute Gasteiger partial charge is 0.251 e. The summed E-state index contributed by atoms with van der Waals surface area (Å²) in [5, 5.41) is 0.0187. The molecule has 0 aromatic carbocycles. The minimum Gasteiger partial charge on any atom is -0.251 e. The molecule has 3 unspecified atom stereocenters. The number of hydrogen-bond donors (Lipinski definition) is 2. The van der Waals surface area contributed by atoms with E-state index in [9.17, 15) is 17.6 Å². The van der Waals surface area contributed by atoms with Crippen molar-refractivity contribution < 1.29 is 35.1 Å². The van der Waals surface area contributed by atoms with Crippen LogP contribution in [0.5, 0.6) is 0 Å². The Balaban J connectivity index is 0. The molecule has 0 rings (SSSR count). The molecule has 0 saturated carbocycles. The Labute approximate surface area is 138 Å². The molecule has 10 heteroatoms. The number of rotatable bonds is 11. The van der Waals surface area contributed by atoms with Crippen molar-refractivity contribution in [2.45, 2.75) is 68.6 Å². The van der Waals surface area contributed by atoms with Crippen LogP contribution in [-0.4, -0.2) is 60.4 Å². The SMILES string of the molecule is O=S(=O)(O)O.[Li][CH2]C(F)C(F)C(F)CCCCCCCCF. The van der Waals surface area contributed by atoms with E-state index in [2.05, 4.69) is 0 Å². The molecule has 0 heterocycles. The summed E-state index contributed by atoms with van der Waals surface area (Å²) in [6, 6.07) is 0. The van der Waals surface area contributed by atoms with Gasteiger partial charge in [-0.2, -0.15) is 8.42 Å². The molecule has 0 spiro atoms. The van der Waals surface area contributed by atoms with E-state index in [1.54, 1.807) is 0 Å². The van der Waals surface area contributed by atoms with Crippen LogP contribution in [0.3, 0.4) is 0 Å². The predicted octanol–water partition coefficient (Wildman–Crippen LogP) is 3.63. The second-order valence-electron chi connectivity index (χ2n) is 4.93. The molecule has 130 valence electrons. The van der Waals surface area contributed by atoms with Gasteiger partial charge in [-0.25, -0.2) is 0 Å². The Bertz CT molecular complexity index is 338.